The van der Waals surface area contributed by atoms with Gasteiger partial charge in [-0.25, -0.2) is 0 Å². The summed E-state index contributed by atoms with van der Waals surface area (Å²) in [5.41, 5.74) is 1.98. The van der Waals surface area contributed by atoms with Crippen LogP contribution in [0.3, 0.4) is 0 Å². The van der Waals surface area contributed by atoms with Crippen LogP contribution in [0.4, 0.5) is 0 Å². The topological polar surface area (TPSA) is 26.3 Å². The highest BCUT2D eigenvalue weighted by molar-refractivity contribution is 5.74. The van der Waals surface area contributed by atoms with E-state index in [1.807, 2.05) is 24.3 Å². The molecule has 0 aliphatic heterocycles. The highest BCUT2D eigenvalue weighted by Gasteiger charge is 1.93. The minimum atomic E-state index is 0.732. The summed E-state index contributed by atoms with van der Waals surface area (Å²) < 4.78 is 4.95. The fraction of sp³-hybridized carbons (Fsp3) is 0.364. The van der Waals surface area contributed by atoms with Gasteiger partial charge in [-0.15, -0.1) is 0 Å². The zero-order valence-electron chi connectivity index (χ0n) is 7.82. The minimum Gasteiger partial charge on any atom is -0.385 e. The van der Waals surface area contributed by atoms with Crippen molar-refractivity contribution in [2.75, 3.05) is 13.7 Å². The third-order valence-corrected chi connectivity index (χ3v) is 1.93. The lowest BCUT2D eigenvalue weighted by Gasteiger charge is -2.00. The van der Waals surface area contributed by atoms with Gasteiger partial charge in [-0.3, -0.25) is 4.79 Å². The number of carbonyl (C=O) groups is 1. The van der Waals surface area contributed by atoms with Crippen molar-refractivity contribution in [2.45, 2.75) is 12.8 Å². The van der Waals surface area contributed by atoms with E-state index < -0.39 is 0 Å². The first-order chi connectivity index (χ1) is 6.36. The summed E-state index contributed by atoms with van der Waals surface area (Å²) in [4.78, 5) is 10.4. The maximum absolute atomic E-state index is 10.4. The lowest BCUT2D eigenvalue weighted by atomic mass is 10.1. The quantitative estimate of drug-likeness (QED) is 0.509. The van der Waals surface area contributed by atoms with Crippen LogP contribution in [-0.4, -0.2) is 20.0 Å². The molecule has 1 aromatic carbocycles. The highest BCUT2D eigenvalue weighted by atomic mass is 16.5. The molecule has 2 nitrogen and oxygen atoms in total. The maximum Gasteiger partial charge on any atom is 0.150 e. The standard InChI is InChI=1S/C11H14O2/c1-13-8-2-3-10-4-6-11(9-12)7-5-10/h4-7,9H,2-3,8H2,1H3. The van der Waals surface area contributed by atoms with Crippen molar-refractivity contribution in [3.05, 3.63) is 35.4 Å². The Kier molecular flexibility index (Phi) is 4.19. The van der Waals surface area contributed by atoms with Crippen LogP contribution in [0.1, 0.15) is 22.3 Å². The predicted molar refractivity (Wildman–Crippen MR) is 52.0 cm³/mol. The van der Waals surface area contributed by atoms with Crippen LogP contribution in [-0.2, 0) is 11.2 Å². The summed E-state index contributed by atoms with van der Waals surface area (Å²) >= 11 is 0. The molecule has 0 saturated heterocycles. The van der Waals surface area contributed by atoms with E-state index in [4.69, 9.17) is 4.74 Å². The molecule has 13 heavy (non-hydrogen) atoms. The number of hydrogen-bond donors (Lipinski definition) is 0. The van der Waals surface area contributed by atoms with Gasteiger partial charge in [0.2, 0.25) is 0 Å². The van der Waals surface area contributed by atoms with Gasteiger partial charge in [-0.1, -0.05) is 24.3 Å². The second-order valence-corrected chi connectivity index (χ2v) is 2.96. The van der Waals surface area contributed by atoms with Crippen LogP contribution in [0.5, 0.6) is 0 Å². The third-order valence-electron chi connectivity index (χ3n) is 1.93. The average Bonchev–Trinajstić information content (AvgIpc) is 2.19. The van der Waals surface area contributed by atoms with Crippen LogP contribution in [0.25, 0.3) is 0 Å². The largest absolute Gasteiger partial charge is 0.385 e. The number of hydrogen-bond acceptors (Lipinski definition) is 2. The lowest BCUT2D eigenvalue weighted by molar-refractivity contribution is 0.112. The fourth-order valence-corrected chi connectivity index (χ4v) is 1.18. The first-order valence-corrected chi connectivity index (χ1v) is 4.40. The van der Waals surface area contributed by atoms with Crippen LogP contribution in [0, 0.1) is 0 Å². The Morgan fingerprint density at radius 3 is 2.54 bits per heavy atom. The molecule has 0 spiro atoms. The van der Waals surface area contributed by atoms with Gasteiger partial charge >= 0.3 is 0 Å². The first-order valence-electron chi connectivity index (χ1n) is 4.40. The Hall–Kier alpha value is -1.15. The highest BCUT2D eigenvalue weighted by Crippen LogP contribution is 2.05. The summed E-state index contributed by atoms with van der Waals surface area (Å²) in [6, 6.07) is 7.66. The molecule has 2 heteroatoms. The zero-order valence-corrected chi connectivity index (χ0v) is 7.82. The van der Waals surface area contributed by atoms with E-state index in [2.05, 4.69) is 0 Å². The molecule has 1 aromatic rings. The van der Waals surface area contributed by atoms with Crippen LogP contribution in [0.2, 0.25) is 0 Å². The van der Waals surface area contributed by atoms with E-state index >= 15 is 0 Å². The minimum absolute atomic E-state index is 0.732. The van der Waals surface area contributed by atoms with Crippen molar-refractivity contribution in [3.8, 4) is 0 Å². The van der Waals surface area contributed by atoms with Gasteiger partial charge in [-0.2, -0.15) is 0 Å². The van der Waals surface area contributed by atoms with E-state index in [1.54, 1.807) is 7.11 Å². The van der Waals surface area contributed by atoms with Gasteiger partial charge in [0.1, 0.15) is 6.29 Å². The Morgan fingerprint density at radius 1 is 1.31 bits per heavy atom. The number of ether oxygens (including phenoxy) is 1. The number of carbonyl (C=O) groups excluding carboxylic acids is 1. The molecule has 0 unspecified atom stereocenters. The van der Waals surface area contributed by atoms with E-state index in [0.29, 0.717) is 0 Å². The predicted octanol–water partition coefficient (Wildman–Crippen LogP) is 2.08. The number of rotatable bonds is 5. The molecule has 0 aliphatic carbocycles. The summed E-state index contributed by atoms with van der Waals surface area (Å²) in [6.45, 7) is 0.787. The van der Waals surface area contributed by atoms with Crippen molar-refractivity contribution >= 4 is 6.29 Å². The maximum atomic E-state index is 10.4. The Bertz CT molecular complexity index is 251. The molecule has 0 N–H and O–H groups in total. The van der Waals surface area contributed by atoms with E-state index in [9.17, 15) is 4.79 Å². The number of aryl methyl sites for hydroxylation is 1. The van der Waals surface area contributed by atoms with Crippen LogP contribution >= 0.6 is 0 Å². The average molecular weight is 178 g/mol. The molecule has 70 valence electrons. The van der Waals surface area contributed by atoms with Crippen LogP contribution < -0.4 is 0 Å². The van der Waals surface area contributed by atoms with Crippen molar-refractivity contribution < 1.29 is 9.53 Å². The number of benzene rings is 1. The zero-order chi connectivity index (χ0) is 9.52. The van der Waals surface area contributed by atoms with Gasteiger partial charge in [0.25, 0.3) is 0 Å². The van der Waals surface area contributed by atoms with E-state index in [-0.39, 0.29) is 0 Å². The van der Waals surface area contributed by atoms with Gasteiger partial charge in [0.05, 0.1) is 0 Å². The second-order valence-electron chi connectivity index (χ2n) is 2.96. The molecule has 0 aliphatic rings. The van der Waals surface area contributed by atoms with E-state index in [1.165, 1.54) is 5.56 Å². The van der Waals surface area contributed by atoms with Gasteiger partial charge < -0.3 is 4.74 Å². The molecule has 0 bridgehead atoms. The summed E-state index contributed by atoms with van der Waals surface area (Å²) in [6.07, 6.45) is 2.89. The third kappa shape index (κ3) is 3.38. The lowest BCUT2D eigenvalue weighted by Crippen LogP contribution is -1.92. The second kappa shape index (κ2) is 5.49. The SMILES string of the molecule is COCCCc1ccc(C=O)cc1. The van der Waals surface area contributed by atoms with Gasteiger partial charge in [-0.05, 0) is 18.4 Å². The fourth-order valence-electron chi connectivity index (χ4n) is 1.18. The Morgan fingerprint density at radius 2 is 2.00 bits per heavy atom. The van der Waals surface area contributed by atoms with E-state index in [0.717, 1.165) is 31.3 Å². The van der Waals surface area contributed by atoms with Crippen molar-refractivity contribution in [1.29, 1.82) is 0 Å². The molecule has 0 fully saturated rings. The smallest absolute Gasteiger partial charge is 0.150 e. The van der Waals surface area contributed by atoms with Crippen molar-refractivity contribution in [1.82, 2.24) is 0 Å². The van der Waals surface area contributed by atoms with Gasteiger partial charge in [0.15, 0.2) is 0 Å². The molecule has 0 radical (unpaired) electrons. The Labute approximate surface area is 78.5 Å². The van der Waals surface area contributed by atoms with Crippen molar-refractivity contribution in [3.63, 3.8) is 0 Å². The molecular formula is C11H14O2. The van der Waals surface area contributed by atoms with Gasteiger partial charge in [0, 0.05) is 19.3 Å². The van der Waals surface area contributed by atoms with Crippen molar-refractivity contribution in [2.24, 2.45) is 0 Å². The van der Waals surface area contributed by atoms with Crippen LogP contribution in [0.15, 0.2) is 24.3 Å². The summed E-state index contributed by atoms with van der Waals surface area (Å²) in [5, 5.41) is 0. The first kappa shape index (κ1) is 9.93. The Balaban J connectivity index is 2.44. The molecule has 0 aromatic heterocycles. The molecule has 1 rings (SSSR count). The summed E-state index contributed by atoms with van der Waals surface area (Å²) in [5.74, 6) is 0. The number of methoxy groups -OCH3 is 1. The molecule has 0 atom stereocenters. The molecule has 0 heterocycles. The molecular weight excluding hydrogens is 164 g/mol. The molecule has 0 saturated carbocycles. The summed E-state index contributed by atoms with van der Waals surface area (Å²) in [7, 11) is 1.70. The number of aldehydes is 1. The monoisotopic (exact) mass is 178 g/mol. The molecule has 0 amide bonds. The normalized spacial score (nSPS) is 9.92.